The van der Waals surface area contributed by atoms with E-state index in [4.69, 9.17) is 0 Å². The quantitative estimate of drug-likeness (QED) is 0.837. The average molecular weight is 280 g/mol. The molecule has 1 atom stereocenters. The van der Waals surface area contributed by atoms with Crippen molar-refractivity contribution in [1.29, 1.82) is 0 Å². The van der Waals surface area contributed by atoms with Gasteiger partial charge in [-0.3, -0.25) is 0 Å². The number of aliphatic hydroxyl groups is 1. The van der Waals surface area contributed by atoms with E-state index in [9.17, 15) is 5.11 Å². The monoisotopic (exact) mass is 278 g/mol. The van der Waals surface area contributed by atoms with Gasteiger partial charge in [0.25, 0.3) is 0 Å². The van der Waals surface area contributed by atoms with E-state index in [1.165, 1.54) is 0 Å². The van der Waals surface area contributed by atoms with Crippen LogP contribution >= 0.6 is 31.9 Å². The van der Waals surface area contributed by atoms with Gasteiger partial charge >= 0.3 is 0 Å². The predicted molar refractivity (Wildman–Crippen MR) is 52.5 cm³/mol. The van der Waals surface area contributed by atoms with Crippen LogP contribution in [0.3, 0.4) is 0 Å². The minimum absolute atomic E-state index is 0.413. The van der Waals surface area contributed by atoms with E-state index >= 15 is 0 Å². The molecule has 1 unspecified atom stereocenters. The molecule has 60 valence electrons. The van der Waals surface area contributed by atoms with Crippen molar-refractivity contribution in [3.8, 4) is 0 Å². The molecule has 3 heteroatoms. The van der Waals surface area contributed by atoms with E-state index in [0.717, 1.165) is 14.5 Å². The number of aliphatic hydroxyl groups excluding tert-OH is 1. The predicted octanol–water partition coefficient (Wildman–Crippen LogP) is 3.26. The summed E-state index contributed by atoms with van der Waals surface area (Å²) in [6, 6.07) is 5.73. The van der Waals surface area contributed by atoms with Crippen molar-refractivity contribution in [3.05, 3.63) is 32.7 Å². The van der Waals surface area contributed by atoms with Gasteiger partial charge in [-0.15, -0.1) is 0 Å². The number of halogens is 2. The summed E-state index contributed by atoms with van der Waals surface area (Å²) in [5, 5.41) is 9.23. The summed E-state index contributed by atoms with van der Waals surface area (Å²) in [4.78, 5) is 0. The van der Waals surface area contributed by atoms with Gasteiger partial charge in [-0.1, -0.05) is 31.9 Å². The Labute approximate surface area is 82.7 Å². The standard InChI is InChI=1S/C8H8Br2O/c1-5(11)6-2-7(9)4-8(10)3-6/h2-5,11H,1H3. The Kier molecular flexibility index (Phi) is 3.10. The maximum atomic E-state index is 9.23. The minimum atomic E-state index is -0.413. The van der Waals surface area contributed by atoms with Crippen LogP contribution in [-0.2, 0) is 0 Å². The fraction of sp³-hybridized carbons (Fsp3) is 0.250. The molecule has 0 aromatic heterocycles. The lowest BCUT2D eigenvalue weighted by atomic mass is 10.1. The molecule has 0 aliphatic carbocycles. The molecule has 0 bridgehead atoms. The van der Waals surface area contributed by atoms with Crippen LogP contribution in [0.5, 0.6) is 0 Å². The smallest absolute Gasteiger partial charge is 0.0762 e. The number of rotatable bonds is 1. The molecule has 1 aromatic carbocycles. The second kappa shape index (κ2) is 3.70. The van der Waals surface area contributed by atoms with E-state index < -0.39 is 6.10 Å². The van der Waals surface area contributed by atoms with E-state index in [1.807, 2.05) is 18.2 Å². The van der Waals surface area contributed by atoms with Crippen molar-refractivity contribution >= 4 is 31.9 Å². The summed E-state index contributed by atoms with van der Waals surface area (Å²) in [6.45, 7) is 1.74. The molecule has 0 fully saturated rings. The third kappa shape index (κ3) is 2.58. The number of hydrogen-bond acceptors (Lipinski definition) is 1. The zero-order valence-corrected chi connectivity index (χ0v) is 9.18. The third-order valence-electron chi connectivity index (χ3n) is 1.37. The molecule has 0 saturated carbocycles. The van der Waals surface area contributed by atoms with Crippen LogP contribution in [-0.4, -0.2) is 5.11 Å². The van der Waals surface area contributed by atoms with Crippen LogP contribution in [0.1, 0.15) is 18.6 Å². The maximum Gasteiger partial charge on any atom is 0.0762 e. The average Bonchev–Trinajstić information content (AvgIpc) is 1.85. The first kappa shape index (κ1) is 9.23. The molecule has 1 nitrogen and oxygen atoms in total. The molecular weight excluding hydrogens is 272 g/mol. The van der Waals surface area contributed by atoms with Crippen molar-refractivity contribution in [2.24, 2.45) is 0 Å². The van der Waals surface area contributed by atoms with Crippen molar-refractivity contribution in [1.82, 2.24) is 0 Å². The van der Waals surface area contributed by atoms with Crippen molar-refractivity contribution < 1.29 is 5.11 Å². The molecule has 11 heavy (non-hydrogen) atoms. The zero-order valence-electron chi connectivity index (χ0n) is 6.01. The Morgan fingerprint density at radius 1 is 1.18 bits per heavy atom. The molecule has 0 amide bonds. The molecule has 1 aromatic rings. The first-order valence-electron chi connectivity index (χ1n) is 3.23. The lowest BCUT2D eigenvalue weighted by Gasteiger charge is -2.05. The van der Waals surface area contributed by atoms with E-state index in [-0.39, 0.29) is 0 Å². The molecule has 0 aliphatic heterocycles. The van der Waals surface area contributed by atoms with Gasteiger partial charge in [0.1, 0.15) is 0 Å². The first-order chi connectivity index (χ1) is 5.09. The van der Waals surface area contributed by atoms with Gasteiger partial charge in [0, 0.05) is 8.95 Å². The highest BCUT2D eigenvalue weighted by molar-refractivity contribution is 9.11. The Balaban J connectivity index is 3.08. The molecule has 0 radical (unpaired) electrons. The fourth-order valence-corrected chi connectivity index (χ4v) is 2.15. The summed E-state index contributed by atoms with van der Waals surface area (Å²) >= 11 is 6.68. The Morgan fingerprint density at radius 3 is 2.00 bits per heavy atom. The second-order valence-electron chi connectivity index (χ2n) is 2.38. The van der Waals surface area contributed by atoms with Crippen LogP contribution in [0, 0.1) is 0 Å². The maximum absolute atomic E-state index is 9.23. The van der Waals surface area contributed by atoms with E-state index in [1.54, 1.807) is 6.92 Å². The summed E-state index contributed by atoms with van der Waals surface area (Å²) < 4.78 is 1.95. The minimum Gasteiger partial charge on any atom is -0.389 e. The fourth-order valence-electron chi connectivity index (χ4n) is 0.816. The van der Waals surface area contributed by atoms with E-state index in [2.05, 4.69) is 31.9 Å². The largest absolute Gasteiger partial charge is 0.389 e. The molecule has 0 aliphatic rings. The molecule has 0 heterocycles. The lowest BCUT2D eigenvalue weighted by Crippen LogP contribution is -1.90. The SMILES string of the molecule is CC(O)c1cc(Br)cc(Br)c1. The third-order valence-corrected chi connectivity index (χ3v) is 2.28. The lowest BCUT2D eigenvalue weighted by molar-refractivity contribution is 0.199. The van der Waals surface area contributed by atoms with Crippen LogP contribution in [0.4, 0.5) is 0 Å². The highest BCUT2D eigenvalue weighted by Crippen LogP contribution is 2.23. The zero-order chi connectivity index (χ0) is 8.43. The summed E-state index contributed by atoms with van der Waals surface area (Å²) in [5.41, 5.74) is 0.909. The first-order valence-corrected chi connectivity index (χ1v) is 4.82. The Bertz CT molecular complexity index is 238. The second-order valence-corrected chi connectivity index (χ2v) is 4.21. The highest BCUT2D eigenvalue weighted by Gasteiger charge is 2.02. The Hall–Kier alpha value is 0.140. The molecule has 1 N–H and O–H groups in total. The topological polar surface area (TPSA) is 20.2 Å². The summed E-state index contributed by atoms with van der Waals surface area (Å²) in [5.74, 6) is 0. The van der Waals surface area contributed by atoms with Gasteiger partial charge < -0.3 is 5.11 Å². The van der Waals surface area contributed by atoms with Crippen LogP contribution < -0.4 is 0 Å². The summed E-state index contributed by atoms with van der Waals surface area (Å²) in [7, 11) is 0. The van der Waals surface area contributed by atoms with Crippen LogP contribution in [0.25, 0.3) is 0 Å². The van der Waals surface area contributed by atoms with Gasteiger partial charge in [0.2, 0.25) is 0 Å². The van der Waals surface area contributed by atoms with Crippen LogP contribution in [0.2, 0.25) is 0 Å². The van der Waals surface area contributed by atoms with Gasteiger partial charge in [0.05, 0.1) is 6.10 Å². The van der Waals surface area contributed by atoms with Gasteiger partial charge in [0.15, 0.2) is 0 Å². The van der Waals surface area contributed by atoms with Gasteiger partial charge in [-0.2, -0.15) is 0 Å². The molecule has 0 saturated heterocycles. The normalized spacial score (nSPS) is 13.1. The van der Waals surface area contributed by atoms with E-state index in [0.29, 0.717) is 0 Å². The summed E-state index contributed by atoms with van der Waals surface area (Å²) in [6.07, 6.45) is -0.413. The van der Waals surface area contributed by atoms with Crippen molar-refractivity contribution in [2.75, 3.05) is 0 Å². The number of hydrogen-bond donors (Lipinski definition) is 1. The number of benzene rings is 1. The molecular formula is C8H8Br2O. The van der Waals surface area contributed by atoms with Crippen LogP contribution in [0.15, 0.2) is 27.1 Å². The molecule has 0 spiro atoms. The molecule has 1 rings (SSSR count). The van der Waals surface area contributed by atoms with Gasteiger partial charge in [-0.25, -0.2) is 0 Å². The van der Waals surface area contributed by atoms with Gasteiger partial charge in [-0.05, 0) is 30.7 Å². The van der Waals surface area contributed by atoms with Crippen molar-refractivity contribution in [2.45, 2.75) is 13.0 Å². The highest BCUT2D eigenvalue weighted by atomic mass is 79.9. The Morgan fingerprint density at radius 2 is 1.64 bits per heavy atom. The van der Waals surface area contributed by atoms with Crippen molar-refractivity contribution in [3.63, 3.8) is 0 Å².